The second-order valence-electron chi connectivity index (χ2n) is 8.72. The molecule has 0 amide bonds. The van der Waals surface area contributed by atoms with Gasteiger partial charge in [0.1, 0.15) is 11.1 Å². The summed E-state index contributed by atoms with van der Waals surface area (Å²) in [6, 6.07) is 16.8. The number of allylic oxidation sites excluding steroid dienone is 1. The van der Waals surface area contributed by atoms with Gasteiger partial charge in [0, 0.05) is 16.8 Å². The largest absolute Gasteiger partial charge is 0.468 e. The Hall–Kier alpha value is -3.58. The van der Waals surface area contributed by atoms with Gasteiger partial charge in [0.25, 0.3) is 0 Å². The van der Waals surface area contributed by atoms with E-state index < -0.39 is 17.9 Å². The van der Waals surface area contributed by atoms with Crippen LogP contribution in [-0.4, -0.2) is 28.6 Å². The third kappa shape index (κ3) is 3.56. The van der Waals surface area contributed by atoms with Gasteiger partial charge in [-0.05, 0) is 43.5 Å². The zero-order valence-corrected chi connectivity index (χ0v) is 19.9. The minimum Gasteiger partial charge on any atom is -0.468 e. The van der Waals surface area contributed by atoms with E-state index in [9.17, 15) is 9.59 Å². The molecule has 3 unspecified atom stereocenters. The van der Waals surface area contributed by atoms with Crippen molar-refractivity contribution in [3.8, 4) is 5.69 Å². The van der Waals surface area contributed by atoms with E-state index in [-0.39, 0.29) is 11.7 Å². The van der Waals surface area contributed by atoms with Crippen molar-refractivity contribution < 1.29 is 14.3 Å². The van der Waals surface area contributed by atoms with Gasteiger partial charge in [0.15, 0.2) is 5.78 Å². The van der Waals surface area contributed by atoms with Gasteiger partial charge in [-0.1, -0.05) is 48.9 Å². The number of benzene rings is 2. The van der Waals surface area contributed by atoms with Crippen molar-refractivity contribution in [2.45, 2.75) is 26.3 Å². The van der Waals surface area contributed by atoms with Gasteiger partial charge in [-0.2, -0.15) is 5.10 Å². The number of nitrogens with zero attached hydrogens (tertiary/aromatic N) is 2. The molecule has 34 heavy (non-hydrogen) atoms. The van der Waals surface area contributed by atoms with E-state index in [1.807, 2.05) is 68.4 Å². The Morgan fingerprint density at radius 3 is 2.50 bits per heavy atom. The minimum atomic E-state index is -0.876. The number of esters is 1. The second-order valence-corrected chi connectivity index (χ2v) is 9.08. The number of aryl methyl sites for hydroxylation is 1. The first-order chi connectivity index (χ1) is 16.4. The number of hydrogen-bond donors (Lipinski definition) is 2. The highest BCUT2D eigenvalue weighted by atomic mass is 35.5. The number of carbonyl (C=O) groups excluding carboxylic acids is 2. The Morgan fingerprint density at radius 2 is 1.79 bits per heavy atom. The van der Waals surface area contributed by atoms with Crippen molar-refractivity contribution in [3.05, 3.63) is 82.3 Å². The quantitative estimate of drug-likeness (QED) is 0.405. The van der Waals surface area contributed by atoms with Crippen LogP contribution < -0.4 is 10.6 Å². The lowest BCUT2D eigenvalue weighted by atomic mass is 9.75. The maximum Gasteiger partial charge on any atom is 0.316 e. The number of para-hydroxylation sites is 3. The molecule has 1 aliphatic carbocycles. The summed E-state index contributed by atoms with van der Waals surface area (Å²) in [5, 5.41) is 12.1. The Morgan fingerprint density at radius 1 is 1.12 bits per heavy atom. The molecule has 3 atom stereocenters. The maximum atomic E-state index is 13.8. The number of fused-ring (bicyclic) bond motifs is 1. The molecule has 174 valence electrons. The van der Waals surface area contributed by atoms with E-state index in [0.717, 1.165) is 22.8 Å². The summed E-state index contributed by atoms with van der Waals surface area (Å²) in [5.41, 5.74) is 5.17. The number of hydrogen-bond acceptors (Lipinski definition) is 6. The van der Waals surface area contributed by atoms with E-state index in [4.69, 9.17) is 16.3 Å². The monoisotopic (exact) mass is 476 g/mol. The molecule has 5 rings (SSSR count). The SMILES string of the molecule is COC(=O)C1C(=O)C2=C(CC1C)Nc1ccccc1NC2c1c(C)nn(-c2ccccc2)c1Cl. The summed E-state index contributed by atoms with van der Waals surface area (Å²) in [6.45, 7) is 3.77. The van der Waals surface area contributed by atoms with Gasteiger partial charge in [-0.25, -0.2) is 4.68 Å². The van der Waals surface area contributed by atoms with Crippen molar-refractivity contribution in [1.29, 1.82) is 0 Å². The van der Waals surface area contributed by atoms with E-state index in [2.05, 4.69) is 15.7 Å². The number of ketones is 1. The number of carbonyl (C=O) groups is 2. The molecule has 1 aromatic heterocycles. The van der Waals surface area contributed by atoms with Crippen LogP contribution in [0.1, 0.15) is 30.6 Å². The fourth-order valence-electron chi connectivity index (χ4n) is 4.93. The van der Waals surface area contributed by atoms with Crippen LogP contribution in [-0.2, 0) is 14.3 Å². The second kappa shape index (κ2) is 8.65. The molecule has 0 fully saturated rings. The number of anilines is 2. The van der Waals surface area contributed by atoms with Gasteiger partial charge in [0.05, 0.1) is 35.9 Å². The topological polar surface area (TPSA) is 85.2 Å². The van der Waals surface area contributed by atoms with Crippen LogP contribution in [0.5, 0.6) is 0 Å². The highest BCUT2D eigenvalue weighted by Gasteiger charge is 2.45. The lowest BCUT2D eigenvalue weighted by Gasteiger charge is -2.32. The number of methoxy groups -OCH3 is 1. The Balaban J connectivity index is 1.70. The predicted molar refractivity (Wildman–Crippen MR) is 131 cm³/mol. The Kier molecular flexibility index (Phi) is 5.65. The first kappa shape index (κ1) is 22.2. The van der Waals surface area contributed by atoms with Crippen molar-refractivity contribution in [3.63, 3.8) is 0 Å². The summed E-state index contributed by atoms with van der Waals surface area (Å²) < 4.78 is 6.66. The standard InChI is InChI=1S/C26H25ClN4O3/c1-14-13-19-22(24(32)20(14)26(33)34-3)23(29-18-12-8-7-11-17(18)28-19)21-15(2)30-31(25(21)27)16-9-5-4-6-10-16/h4-12,14,20,23,28-29H,13H2,1-3H3. The third-order valence-corrected chi connectivity index (χ3v) is 6.93. The van der Waals surface area contributed by atoms with Crippen LogP contribution in [0.3, 0.4) is 0 Å². The molecule has 2 N–H and O–H groups in total. The van der Waals surface area contributed by atoms with Crippen molar-refractivity contribution >= 4 is 34.7 Å². The predicted octanol–water partition coefficient (Wildman–Crippen LogP) is 5.07. The average Bonchev–Trinajstić information content (AvgIpc) is 3.02. The van der Waals surface area contributed by atoms with Gasteiger partial charge in [0.2, 0.25) is 0 Å². The Bertz CT molecular complexity index is 1310. The van der Waals surface area contributed by atoms with Gasteiger partial charge in [-0.3, -0.25) is 9.59 Å². The molecule has 2 heterocycles. The van der Waals surface area contributed by atoms with Crippen LogP contribution in [0.2, 0.25) is 5.15 Å². The van der Waals surface area contributed by atoms with Crippen LogP contribution >= 0.6 is 11.6 Å². The number of Topliss-reactive ketones (excluding diaryl/α,β-unsaturated/α-hetero) is 1. The van der Waals surface area contributed by atoms with Gasteiger partial charge >= 0.3 is 5.97 Å². The molecule has 2 aromatic carbocycles. The first-order valence-corrected chi connectivity index (χ1v) is 11.6. The van der Waals surface area contributed by atoms with E-state index in [1.54, 1.807) is 4.68 Å². The van der Waals surface area contributed by atoms with Crippen molar-refractivity contribution in [2.24, 2.45) is 11.8 Å². The molecular weight excluding hydrogens is 452 g/mol. The summed E-state index contributed by atoms with van der Waals surface area (Å²) in [6.07, 6.45) is 0.525. The van der Waals surface area contributed by atoms with Gasteiger partial charge in [-0.15, -0.1) is 0 Å². The number of nitrogens with one attached hydrogen (secondary N) is 2. The number of rotatable bonds is 3. The summed E-state index contributed by atoms with van der Waals surface area (Å²) in [7, 11) is 1.31. The molecule has 0 radical (unpaired) electrons. The van der Waals surface area contributed by atoms with Crippen LogP contribution in [0, 0.1) is 18.8 Å². The zero-order valence-electron chi connectivity index (χ0n) is 19.1. The number of aromatic nitrogens is 2. The van der Waals surface area contributed by atoms with E-state index in [0.29, 0.717) is 28.4 Å². The smallest absolute Gasteiger partial charge is 0.316 e. The summed E-state index contributed by atoms with van der Waals surface area (Å²) >= 11 is 6.93. The summed E-state index contributed by atoms with van der Waals surface area (Å²) in [5.74, 6) is -1.87. The third-order valence-electron chi connectivity index (χ3n) is 6.56. The van der Waals surface area contributed by atoms with Crippen LogP contribution in [0.15, 0.2) is 65.9 Å². The fourth-order valence-corrected chi connectivity index (χ4v) is 5.31. The molecule has 0 saturated carbocycles. The maximum absolute atomic E-state index is 13.8. The lowest BCUT2D eigenvalue weighted by molar-refractivity contribution is -0.151. The molecule has 0 spiro atoms. The fraction of sp³-hybridized carbons (Fsp3) is 0.269. The van der Waals surface area contributed by atoms with Crippen molar-refractivity contribution in [2.75, 3.05) is 17.7 Å². The highest BCUT2D eigenvalue weighted by molar-refractivity contribution is 6.31. The number of halogens is 1. The molecule has 0 saturated heterocycles. The highest BCUT2D eigenvalue weighted by Crippen LogP contribution is 2.46. The minimum absolute atomic E-state index is 0.208. The average molecular weight is 477 g/mol. The van der Waals surface area contributed by atoms with E-state index in [1.165, 1.54) is 7.11 Å². The molecule has 1 aliphatic heterocycles. The van der Waals surface area contributed by atoms with Crippen LogP contribution in [0.4, 0.5) is 11.4 Å². The number of ether oxygens (including phenoxy) is 1. The van der Waals surface area contributed by atoms with Gasteiger partial charge < -0.3 is 15.4 Å². The van der Waals surface area contributed by atoms with Crippen molar-refractivity contribution in [1.82, 2.24) is 9.78 Å². The Labute approximate surface area is 202 Å². The molecular formula is C26H25ClN4O3. The zero-order chi connectivity index (χ0) is 24.0. The summed E-state index contributed by atoms with van der Waals surface area (Å²) in [4.78, 5) is 26.4. The van der Waals surface area contributed by atoms with E-state index >= 15 is 0 Å². The molecule has 7 nitrogen and oxygen atoms in total. The first-order valence-electron chi connectivity index (χ1n) is 11.2. The normalized spacial score (nSPS) is 21.6. The van der Waals surface area contributed by atoms with Crippen LogP contribution in [0.25, 0.3) is 5.69 Å². The molecule has 8 heteroatoms. The molecule has 2 aliphatic rings. The molecule has 0 bridgehead atoms. The lowest BCUT2D eigenvalue weighted by Crippen LogP contribution is -2.39. The molecule has 3 aromatic rings.